The third kappa shape index (κ3) is 5.87. The smallest absolute Gasteiger partial charge is 0.170 e. The van der Waals surface area contributed by atoms with Crippen LogP contribution in [0.4, 0.5) is 0 Å². The highest BCUT2D eigenvalue weighted by Gasteiger charge is 2.31. The van der Waals surface area contributed by atoms with E-state index >= 15 is 0 Å². The molecule has 0 saturated carbocycles. The number of benzene rings is 3. The number of rotatable bonds is 11. The van der Waals surface area contributed by atoms with Crippen LogP contribution in [0.2, 0.25) is 0 Å². The standard InChI is InChI=1S/C30H35NO3/c1-3-28(25-12-9-13-27(22-25)33-2)29(23-10-5-4-6-11-23)30(32)24-14-16-26(17-15-24)34-21-20-31-18-7-8-19-31/h4-6,9-17,22,28-29H,3,7-8,18-21H2,1-2H3/t28-,29+/m1/s1. The van der Waals surface area contributed by atoms with Crippen molar-refractivity contribution in [1.29, 1.82) is 0 Å². The minimum absolute atomic E-state index is 0.0430. The zero-order valence-corrected chi connectivity index (χ0v) is 20.3. The number of methoxy groups -OCH3 is 1. The van der Waals surface area contributed by atoms with E-state index in [4.69, 9.17) is 9.47 Å². The average Bonchev–Trinajstić information content (AvgIpc) is 3.41. The molecule has 1 heterocycles. The fourth-order valence-corrected chi connectivity index (χ4v) is 4.96. The highest BCUT2D eigenvalue weighted by molar-refractivity contribution is 6.01. The number of likely N-dealkylation sites (tertiary alicyclic amines) is 1. The van der Waals surface area contributed by atoms with Gasteiger partial charge in [0.05, 0.1) is 13.0 Å². The van der Waals surface area contributed by atoms with Gasteiger partial charge in [-0.25, -0.2) is 0 Å². The van der Waals surface area contributed by atoms with Crippen molar-refractivity contribution in [2.75, 3.05) is 33.4 Å². The number of nitrogens with zero attached hydrogens (tertiary/aromatic N) is 1. The van der Waals surface area contributed by atoms with Gasteiger partial charge in [0, 0.05) is 12.1 Å². The van der Waals surface area contributed by atoms with Crippen molar-refractivity contribution in [3.63, 3.8) is 0 Å². The van der Waals surface area contributed by atoms with Crippen LogP contribution in [0.1, 0.15) is 59.5 Å². The molecule has 178 valence electrons. The van der Waals surface area contributed by atoms with Crippen molar-refractivity contribution in [2.45, 2.75) is 38.0 Å². The summed E-state index contributed by atoms with van der Waals surface area (Å²) >= 11 is 0. The molecule has 1 aliphatic rings. The van der Waals surface area contributed by atoms with Gasteiger partial charge in [-0.05, 0) is 85.8 Å². The molecule has 0 aromatic heterocycles. The lowest BCUT2D eigenvalue weighted by atomic mass is 9.76. The van der Waals surface area contributed by atoms with E-state index in [0.29, 0.717) is 12.2 Å². The van der Waals surface area contributed by atoms with Crippen molar-refractivity contribution in [3.05, 3.63) is 95.6 Å². The van der Waals surface area contributed by atoms with Crippen molar-refractivity contribution < 1.29 is 14.3 Å². The molecule has 0 bridgehead atoms. The highest BCUT2D eigenvalue weighted by atomic mass is 16.5. The number of ether oxygens (including phenoxy) is 2. The lowest BCUT2D eigenvalue weighted by Crippen LogP contribution is -2.25. The Morgan fingerprint density at radius 3 is 2.26 bits per heavy atom. The molecule has 3 aromatic carbocycles. The lowest BCUT2D eigenvalue weighted by molar-refractivity contribution is 0.0945. The van der Waals surface area contributed by atoms with E-state index in [1.807, 2.05) is 54.6 Å². The summed E-state index contributed by atoms with van der Waals surface area (Å²) in [4.78, 5) is 16.3. The maximum Gasteiger partial charge on any atom is 0.170 e. The molecule has 4 heteroatoms. The molecular weight excluding hydrogens is 422 g/mol. The average molecular weight is 458 g/mol. The monoisotopic (exact) mass is 457 g/mol. The van der Waals surface area contributed by atoms with E-state index in [1.165, 1.54) is 25.9 Å². The van der Waals surface area contributed by atoms with Crippen molar-refractivity contribution >= 4 is 5.78 Å². The Morgan fingerprint density at radius 1 is 0.882 bits per heavy atom. The second-order valence-corrected chi connectivity index (χ2v) is 8.97. The van der Waals surface area contributed by atoms with Gasteiger partial charge < -0.3 is 9.47 Å². The van der Waals surface area contributed by atoms with Crippen LogP contribution in [0.5, 0.6) is 11.5 Å². The first kappa shape index (κ1) is 24.0. The van der Waals surface area contributed by atoms with E-state index in [2.05, 4.69) is 36.1 Å². The summed E-state index contributed by atoms with van der Waals surface area (Å²) in [6.07, 6.45) is 3.41. The van der Waals surface area contributed by atoms with Gasteiger partial charge in [0.2, 0.25) is 0 Å². The quantitative estimate of drug-likeness (QED) is 0.315. The van der Waals surface area contributed by atoms with E-state index in [-0.39, 0.29) is 17.6 Å². The molecule has 2 atom stereocenters. The van der Waals surface area contributed by atoms with Gasteiger partial charge in [-0.1, -0.05) is 49.4 Å². The number of Topliss-reactive ketones (excluding diaryl/α,β-unsaturated/α-hetero) is 1. The molecule has 1 saturated heterocycles. The number of carbonyl (C=O) groups is 1. The topological polar surface area (TPSA) is 38.8 Å². The summed E-state index contributed by atoms with van der Waals surface area (Å²) in [6, 6.07) is 25.9. The Bertz CT molecular complexity index is 1040. The van der Waals surface area contributed by atoms with Crippen molar-refractivity contribution in [1.82, 2.24) is 4.90 Å². The lowest BCUT2D eigenvalue weighted by Gasteiger charge is -2.27. The second kappa shape index (κ2) is 11.8. The van der Waals surface area contributed by atoms with Crippen LogP contribution >= 0.6 is 0 Å². The van der Waals surface area contributed by atoms with Crippen LogP contribution < -0.4 is 9.47 Å². The van der Waals surface area contributed by atoms with Crippen molar-refractivity contribution in [2.24, 2.45) is 0 Å². The zero-order chi connectivity index (χ0) is 23.8. The first-order chi connectivity index (χ1) is 16.7. The summed E-state index contributed by atoms with van der Waals surface area (Å²) in [6.45, 7) is 6.11. The first-order valence-electron chi connectivity index (χ1n) is 12.4. The summed E-state index contributed by atoms with van der Waals surface area (Å²) in [5, 5.41) is 0. The molecule has 34 heavy (non-hydrogen) atoms. The first-order valence-corrected chi connectivity index (χ1v) is 12.4. The molecule has 0 aliphatic carbocycles. The number of carbonyl (C=O) groups excluding carboxylic acids is 1. The maximum absolute atomic E-state index is 13.9. The Balaban J connectivity index is 1.54. The molecule has 0 N–H and O–H groups in total. The Kier molecular flexibility index (Phi) is 8.37. The molecular formula is C30H35NO3. The van der Waals surface area contributed by atoms with Crippen LogP contribution in [0, 0.1) is 0 Å². The maximum atomic E-state index is 13.9. The molecule has 0 spiro atoms. The molecule has 4 nitrogen and oxygen atoms in total. The molecule has 0 radical (unpaired) electrons. The van der Waals surface area contributed by atoms with E-state index in [9.17, 15) is 4.79 Å². The van der Waals surface area contributed by atoms with Gasteiger partial charge in [-0.2, -0.15) is 0 Å². The van der Waals surface area contributed by atoms with Crippen LogP contribution in [-0.4, -0.2) is 44.0 Å². The molecule has 0 amide bonds. The number of hydrogen-bond donors (Lipinski definition) is 0. The Morgan fingerprint density at radius 2 is 1.59 bits per heavy atom. The minimum atomic E-state index is -0.278. The third-order valence-electron chi connectivity index (χ3n) is 6.82. The van der Waals surface area contributed by atoms with Gasteiger partial charge >= 0.3 is 0 Å². The summed E-state index contributed by atoms with van der Waals surface area (Å²) in [5.41, 5.74) is 2.86. The molecule has 1 aliphatic heterocycles. The molecule has 3 aromatic rings. The molecule has 0 unspecified atom stereocenters. The number of hydrogen-bond acceptors (Lipinski definition) is 4. The van der Waals surface area contributed by atoms with Gasteiger partial charge in [-0.15, -0.1) is 0 Å². The summed E-state index contributed by atoms with van der Waals surface area (Å²) in [5.74, 6) is 1.52. The summed E-state index contributed by atoms with van der Waals surface area (Å²) < 4.78 is 11.4. The van der Waals surface area contributed by atoms with Crippen LogP contribution in [0.3, 0.4) is 0 Å². The van der Waals surface area contributed by atoms with Crippen LogP contribution in [0.15, 0.2) is 78.9 Å². The second-order valence-electron chi connectivity index (χ2n) is 8.97. The SMILES string of the molecule is CC[C@H](c1cccc(OC)c1)[C@@H](C(=O)c1ccc(OCCN2CCCC2)cc1)c1ccccc1. The van der Waals surface area contributed by atoms with Crippen LogP contribution in [-0.2, 0) is 0 Å². The largest absolute Gasteiger partial charge is 0.497 e. The molecule has 4 rings (SSSR count). The predicted molar refractivity (Wildman–Crippen MR) is 137 cm³/mol. The van der Waals surface area contributed by atoms with Gasteiger partial charge in [0.25, 0.3) is 0 Å². The molecule has 1 fully saturated rings. The fraction of sp³-hybridized carbons (Fsp3) is 0.367. The van der Waals surface area contributed by atoms with Crippen molar-refractivity contribution in [3.8, 4) is 11.5 Å². The fourth-order valence-electron chi connectivity index (χ4n) is 4.96. The van der Waals surface area contributed by atoms with Gasteiger partial charge in [0.1, 0.15) is 18.1 Å². The Hall–Kier alpha value is -3.11. The van der Waals surface area contributed by atoms with Gasteiger partial charge in [-0.3, -0.25) is 9.69 Å². The third-order valence-corrected chi connectivity index (χ3v) is 6.82. The van der Waals surface area contributed by atoms with E-state index < -0.39 is 0 Å². The summed E-state index contributed by atoms with van der Waals surface area (Å²) in [7, 11) is 1.68. The Labute approximate surface area is 203 Å². The van der Waals surface area contributed by atoms with E-state index in [1.54, 1.807) is 7.11 Å². The van der Waals surface area contributed by atoms with Gasteiger partial charge in [0.15, 0.2) is 5.78 Å². The zero-order valence-electron chi connectivity index (χ0n) is 20.3. The van der Waals surface area contributed by atoms with Crippen LogP contribution in [0.25, 0.3) is 0 Å². The highest BCUT2D eigenvalue weighted by Crippen LogP contribution is 2.39. The predicted octanol–water partition coefficient (Wildman–Crippen LogP) is 6.33. The normalized spacial score (nSPS) is 15.6. The van der Waals surface area contributed by atoms with E-state index in [0.717, 1.165) is 35.6 Å². The minimum Gasteiger partial charge on any atom is -0.497 e. The number of ketones is 1.